The molecule has 1 atom stereocenters. The van der Waals surface area contributed by atoms with Crippen molar-refractivity contribution in [3.8, 4) is 0 Å². The molecule has 0 aliphatic rings. The van der Waals surface area contributed by atoms with Crippen molar-refractivity contribution in [2.75, 3.05) is 0 Å². The zero-order valence-corrected chi connectivity index (χ0v) is 10.2. The summed E-state index contributed by atoms with van der Waals surface area (Å²) in [4.78, 5) is 4.53. The van der Waals surface area contributed by atoms with E-state index >= 15 is 0 Å². The highest BCUT2D eigenvalue weighted by Gasteiger charge is 2.17. The van der Waals surface area contributed by atoms with E-state index in [1.54, 1.807) is 0 Å². The first-order valence-corrected chi connectivity index (χ1v) is 6.54. The fourth-order valence-corrected chi connectivity index (χ4v) is 3.02. The SMILES string of the molecule is c1ccc(C(c2cc[nH]c2)c2cccs2)cc1. The van der Waals surface area contributed by atoms with Crippen LogP contribution < -0.4 is 0 Å². The van der Waals surface area contributed by atoms with E-state index in [0.717, 1.165) is 0 Å². The zero-order chi connectivity index (χ0) is 11.5. The van der Waals surface area contributed by atoms with Crippen molar-refractivity contribution in [1.82, 2.24) is 4.98 Å². The molecule has 0 aliphatic carbocycles. The van der Waals surface area contributed by atoms with Gasteiger partial charge >= 0.3 is 0 Å². The van der Waals surface area contributed by atoms with Gasteiger partial charge in [-0.2, -0.15) is 0 Å². The van der Waals surface area contributed by atoms with E-state index in [1.807, 2.05) is 17.5 Å². The second kappa shape index (κ2) is 4.60. The van der Waals surface area contributed by atoms with Crippen LogP contribution in [0.1, 0.15) is 21.9 Å². The van der Waals surface area contributed by atoms with Crippen molar-refractivity contribution in [2.45, 2.75) is 5.92 Å². The normalized spacial score (nSPS) is 12.5. The molecule has 3 rings (SSSR count). The average Bonchev–Trinajstić information content (AvgIpc) is 3.04. The van der Waals surface area contributed by atoms with Gasteiger partial charge in [0.2, 0.25) is 0 Å². The zero-order valence-electron chi connectivity index (χ0n) is 9.34. The number of nitrogens with one attached hydrogen (secondary N) is 1. The molecule has 1 N–H and O–H groups in total. The largest absolute Gasteiger partial charge is 0.367 e. The van der Waals surface area contributed by atoms with E-state index in [2.05, 4.69) is 65.1 Å². The Bertz CT molecular complexity index is 518. The molecule has 0 saturated carbocycles. The Kier molecular flexibility index (Phi) is 2.80. The minimum Gasteiger partial charge on any atom is -0.367 e. The predicted molar refractivity (Wildman–Crippen MR) is 72.5 cm³/mol. The summed E-state index contributed by atoms with van der Waals surface area (Å²) in [7, 11) is 0. The van der Waals surface area contributed by atoms with Gasteiger partial charge in [0.15, 0.2) is 0 Å². The Morgan fingerprint density at radius 1 is 0.882 bits per heavy atom. The van der Waals surface area contributed by atoms with Gasteiger partial charge < -0.3 is 4.98 Å². The van der Waals surface area contributed by atoms with Gasteiger partial charge in [0.05, 0.1) is 0 Å². The summed E-state index contributed by atoms with van der Waals surface area (Å²) < 4.78 is 0. The van der Waals surface area contributed by atoms with Gasteiger partial charge in [-0.1, -0.05) is 36.4 Å². The smallest absolute Gasteiger partial charge is 0.0448 e. The first-order chi connectivity index (χ1) is 8.45. The lowest BCUT2D eigenvalue weighted by Crippen LogP contribution is -1.99. The van der Waals surface area contributed by atoms with Crippen molar-refractivity contribution in [1.29, 1.82) is 0 Å². The molecule has 0 radical (unpaired) electrons. The Morgan fingerprint density at radius 2 is 1.76 bits per heavy atom. The monoisotopic (exact) mass is 239 g/mol. The Hall–Kier alpha value is -1.80. The molecular formula is C15H13NS. The van der Waals surface area contributed by atoms with Gasteiger partial charge in [-0.05, 0) is 28.6 Å². The van der Waals surface area contributed by atoms with Crippen molar-refractivity contribution < 1.29 is 0 Å². The highest BCUT2D eigenvalue weighted by molar-refractivity contribution is 7.10. The molecule has 0 spiro atoms. The van der Waals surface area contributed by atoms with Gasteiger partial charge in [0, 0.05) is 23.2 Å². The standard InChI is InChI=1S/C15H13NS/c1-2-5-12(6-3-1)15(13-8-9-16-11-13)14-7-4-10-17-14/h1-11,15-16H. The third kappa shape index (κ3) is 2.04. The molecule has 0 fully saturated rings. The van der Waals surface area contributed by atoms with Gasteiger partial charge in [-0.15, -0.1) is 11.3 Å². The summed E-state index contributed by atoms with van der Waals surface area (Å²) in [6.45, 7) is 0. The number of benzene rings is 1. The van der Waals surface area contributed by atoms with Crippen LogP contribution >= 0.6 is 11.3 Å². The fourth-order valence-electron chi connectivity index (χ4n) is 2.14. The number of hydrogen-bond donors (Lipinski definition) is 1. The third-order valence-corrected chi connectivity index (χ3v) is 3.85. The molecule has 2 heterocycles. The van der Waals surface area contributed by atoms with E-state index in [-0.39, 0.29) is 0 Å². The maximum atomic E-state index is 3.15. The van der Waals surface area contributed by atoms with Crippen LogP contribution in [0.5, 0.6) is 0 Å². The van der Waals surface area contributed by atoms with Crippen LogP contribution in [0.2, 0.25) is 0 Å². The molecule has 1 nitrogen and oxygen atoms in total. The summed E-state index contributed by atoms with van der Waals surface area (Å²) in [5.74, 6) is 0.349. The molecule has 1 unspecified atom stereocenters. The van der Waals surface area contributed by atoms with Crippen molar-refractivity contribution in [3.63, 3.8) is 0 Å². The summed E-state index contributed by atoms with van der Waals surface area (Å²) in [5.41, 5.74) is 2.66. The van der Waals surface area contributed by atoms with Crippen molar-refractivity contribution in [3.05, 3.63) is 82.3 Å². The summed E-state index contributed by atoms with van der Waals surface area (Å²) in [6.07, 6.45) is 4.07. The molecule has 3 aromatic rings. The van der Waals surface area contributed by atoms with E-state index < -0.39 is 0 Å². The highest BCUT2D eigenvalue weighted by Crippen LogP contribution is 2.34. The summed E-state index contributed by atoms with van der Waals surface area (Å²) >= 11 is 1.81. The molecule has 17 heavy (non-hydrogen) atoms. The van der Waals surface area contributed by atoms with Gasteiger partial charge in [0.1, 0.15) is 0 Å². The van der Waals surface area contributed by atoms with E-state index in [0.29, 0.717) is 5.92 Å². The van der Waals surface area contributed by atoms with Gasteiger partial charge in [0.25, 0.3) is 0 Å². The number of rotatable bonds is 3. The lowest BCUT2D eigenvalue weighted by molar-refractivity contribution is 1.01. The number of aromatic nitrogens is 1. The molecule has 2 heteroatoms. The topological polar surface area (TPSA) is 15.8 Å². The lowest BCUT2D eigenvalue weighted by atomic mass is 9.92. The molecule has 0 bridgehead atoms. The summed E-state index contributed by atoms with van der Waals surface area (Å²) in [6, 6.07) is 17.1. The quantitative estimate of drug-likeness (QED) is 0.703. The molecule has 0 amide bonds. The van der Waals surface area contributed by atoms with Crippen LogP contribution in [0.25, 0.3) is 0 Å². The van der Waals surface area contributed by atoms with E-state index in [1.165, 1.54) is 16.0 Å². The van der Waals surface area contributed by atoms with Gasteiger partial charge in [-0.3, -0.25) is 0 Å². The summed E-state index contributed by atoms with van der Waals surface area (Å²) in [5, 5.41) is 2.14. The molecule has 1 aromatic carbocycles. The number of aromatic amines is 1. The molecular weight excluding hydrogens is 226 g/mol. The Balaban J connectivity index is 2.10. The molecule has 0 aliphatic heterocycles. The maximum Gasteiger partial charge on any atom is 0.0448 e. The van der Waals surface area contributed by atoms with Crippen molar-refractivity contribution in [2.24, 2.45) is 0 Å². The minimum atomic E-state index is 0.349. The molecule has 2 aromatic heterocycles. The highest BCUT2D eigenvalue weighted by atomic mass is 32.1. The Morgan fingerprint density at radius 3 is 2.41 bits per heavy atom. The lowest BCUT2D eigenvalue weighted by Gasteiger charge is -2.14. The van der Waals surface area contributed by atoms with E-state index in [9.17, 15) is 0 Å². The van der Waals surface area contributed by atoms with Crippen LogP contribution in [0, 0.1) is 0 Å². The number of H-pyrrole nitrogens is 1. The molecule has 0 saturated heterocycles. The Labute approximate surface area is 105 Å². The fraction of sp³-hybridized carbons (Fsp3) is 0.0667. The predicted octanol–water partition coefficient (Wildman–Crippen LogP) is 4.26. The van der Waals surface area contributed by atoms with E-state index in [4.69, 9.17) is 0 Å². The second-order valence-electron chi connectivity index (χ2n) is 4.00. The van der Waals surface area contributed by atoms with Crippen LogP contribution in [0.15, 0.2) is 66.3 Å². The van der Waals surface area contributed by atoms with Crippen LogP contribution in [-0.4, -0.2) is 4.98 Å². The van der Waals surface area contributed by atoms with Gasteiger partial charge in [-0.25, -0.2) is 0 Å². The van der Waals surface area contributed by atoms with Crippen LogP contribution in [0.4, 0.5) is 0 Å². The maximum absolute atomic E-state index is 3.15. The first-order valence-electron chi connectivity index (χ1n) is 5.66. The first kappa shape index (κ1) is 10.4. The van der Waals surface area contributed by atoms with Crippen molar-refractivity contribution >= 4 is 11.3 Å². The van der Waals surface area contributed by atoms with Crippen LogP contribution in [0.3, 0.4) is 0 Å². The van der Waals surface area contributed by atoms with Crippen LogP contribution in [-0.2, 0) is 0 Å². The minimum absolute atomic E-state index is 0.349. The number of hydrogen-bond acceptors (Lipinski definition) is 1. The third-order valence-electron chi connectivity index (χ3n) is 2.92. The number of thiophene rings is 1. The second-order valence-corrected chi connectivity index (χ2v) is 4.98. The average molecular weight is 239 g/mol. The molecule has 84 valence electrons.